The van der Waals surface area contributed by atoms with Crippen molar-refractivity contribution < 1.29 is 9.53 Å². The van der Waals surface area contributed by atoms with Gasteiger partial charge in [0.15, 0.2) is 0 Å². The molecule has 0 spiro atoms. The van der Waals surface area contributed by atoms with Crippen molar-refractivity contribution in [3.63, 3.8) is 0 Å². The summed E-state index contributed by atoms with van der Waals surface area (Å²) in [6.07, 6.45) is 3.83. The molecule has 1 fully saturated rings. The van der Waals surface area contributed by atoms with Gasteiger partial charge in [0.05, 0.1) is 6.42 Å². The molecule has 0 radical (unpaired) electrons. The van der Waals surface area contributed by atoms with E-state index in [-0.39, 0.29) is 12.0 Å². The molecule has 24 heavy (non-hydrogen) atoms. The average Bonchev–Trinajstić information content (AvgIpc) is 2.57. The van der Waals surface area contributed by atoms with E-state index in [1.54, 1.807) is 12.3 Å². The highest BCUT2D eigenvalue weighted by Crippen LogP contribution is 2.18. The van der Waals surface area contributed by atoms with Gasteiger partial charge < -0.3 is 9.64 Å². The predicted molar refractivity (Wildman–Crippen MR) is 92.2 cm³/mol. The molecule has 6 heteroatoms. The molecular weight excluding hydrogens is 326 g/mol. The fourth-order valence-electron chi connectivity index (χ4n) is 2.78. The number of likely N-dealkylation sites (tertiary alicyclic amines) is 1. The van der Waals surface area contributed by atoms with Crippen LogP contribution in [0.5, 0.6) is 5.88 Å². The van der Waals surface area contributed by atoms with Crippen molar-refractivity contribution in [1.29, 1.82) is 0 Å². The molecule has 2 aromatic rings. The lowest BCUT2D eigenvalue weighted by Crippen LogP contribution is -2.42. The molecule has 0 aliphatic carbocycles. The number of aryl methyl sites for hydroxylation is 1. The molecule has 5 nitrogen and oxygen atoms in total. The molecule has 1 aromatic carbocycles. The van der Waals surface area contributed by atoms with E-state index in [1.807, 2.05) is 36.1 Å². The number of amides is 1. The smallest absolute Gasteiger partial charge is 0.226 e. The first kappa shape index (κ1) is 16.7. The zero-order chi connectivity index (χ0) is 16.9. The Morgan fingerprint density at radius 1 is 1.25 bits per heavy atom. The number of benzene rings is 1. The first-order valence-electron chi connectivity index (χ1n) is 8.08. The van der Waals surface area contributed by atoms with Crippen LogP contribution in [0, 0.1) is 6.92 Å². The van der Waals surface area contributed by atoms with Gasteiger partial charge in [-0.3, -0.25) is 4.79 Å². The molecule has 0 bridgehead atoms. The van der Waals surface area contributed by atoms with Gasteiger partial charge in [0.1, 0.15) is 11.9 Å². The quantitative estimate of drug-likeness (QED) is 0.854. The molecule has 3 rings (SSSR count). The van der Waals surface area contributed by atoms with Crippen molar-refractivity contribution in [3.8, 4) is 5.88 Å². The van der Waals surface area contributed by atoms with Crippen molar-refractivity contribution in [2.45, 2.75) is 32.3 Å². The molecule has 1 aliphatic rings. The van der Waals surface area contributed by atoms with Crippen LogP contribution in [-0.4, -0.2) is 40.0 Å². The Morgan fingerprint density at radius 2 is 1.96 bits per heavy atom. The Labute approximate surface area is 146 Å². The Balaban J connectivity index is 1.49. The second-order valence-electron chi connectivity index (χ2n) is 5.94. The molecular formula is C18H20ClN3O2. The summed E-state index contributed by atoms with van der Waals surface area (Å²) in [5.74, 6) is 1.45. The molecule has 1 saturated heterocycles. The minimum Gasteiger partial charge on any atom is -0.474 e. The highest BCUT2D eigenvalue weighted by Gasteiger charge is 2.24. The largest absolute Gasteiger partial charge is 0.474 e. The summed E-state index contributed by atoms with van der Waals surface area (Å²) >= 11 is 5.87. The van der Waals surface area contributed by atoms with Gasteiger partial charge in [-0.1, -0.05) is 23.7 Å². The van der Waals surface area contributed by atoms with Gasteiger partial charge >= 0.3 is 0 Å². The van der Waals surface area contributed by atoms with Crippen molar-refractivity contribution in [2.75, 3.05) is 13.1 Å². The number of ether oxygens (including phenoxy) is 1. The number of carbonyl (C=O) groups is 1. The van der Waals surface area contributed by atoms with Crippen LogP contribution in [0.4, 0.5) is 0 Å². The summed E-state index contributed by atoms with van der Waals surface area (Å²) < 4.78 is 5.89. The van der Waals surface area contributed by atoms with Gasteiger partial charge in [-0.05, 0) is 24.6 Å². The normalized spacial score (nSPS) is 15.3. The summed E-state index contributed by atoms with van der Waals surface area (Å²) in [5.41, 5.74) is 0.985. The lowest BCUT2D eigenvalue weighted by molar-refractivity contribution is -0.132. The van der Waals surface area contributed by atoms with E-state index >= 15 is 0 Å². The van der Waals surface area contributed by atoms with E-state index in [2.05, 4.69) is 9.97 Å². The highest BCUT2D eigenvalue weighted by atomic mass is 35.5. The Morgan fingerprint density at radius 3 is 2.62 bits per heavy atom. The van der Waals surface area contributed by atoms with Crippen LogP contribution in [0.2, 0.25) is 5.02 Å². The molecule has 0 atom stereocenters. The molecule has 2 heterocycles. The molecule has 126 valence electrons. The number of rotatable bonds is 4. The van der Waals surface area contributed by atoms with Crippen LogP contribution >= 0.6 is 11.6 Å². The van der Waals surface area contributed by atoms with Crippen LogP contribution in [-0.2, 0) is 11.2 Å². The maximum Gasteiger partial charge on any atom is 0.226 e. The molecule has 0 saturated carbocycles. The van der Waals surface area contributed by atoms with Crippen LogP contribution in [0.25, 0.3) is 0 Å². The molecule has 1 aromatic heterocycles. The van der Waals surface area contributed by atoms with Crippen molar-refractivity contribution in [3.05, 3.63) is 52.9 Å². The summed E-state index contributed by atoms with van der Waals surface area (Å²) in [7, 11) is 0. The SMILES string of the molecule is Cc1nccc(OC2CCN(C(=O)Cc3ccc(Cl)cc3)CC2)n1. The zero-order valence-corrected chi connectivity index (χ0v) is 14.4. The predicted octanol–water partition coefficient (Wildman–Crippen LogP) is 3.05. The van der Waals surface area contributed by atoms with Crippen molar-refractivity contribution in [1.82, 2.24) is 14.9 Å². The minimum absolute atomic E-state index is 0.0962. The third-order valence-corrected chi connectivity index (χ3v) is 4.35. The van der Waals surface area contributed by atoms with Crippen molar-refractivity contribution in [2.24, 2.45) is 0 Å². The summed E-state index contributed by atoms with van der Waals surface area (Å²) in [6, 6.07) is 9.19. The summed E-state index contributed by atoms with van der Waals surface area (Å²) in [5, 5.41) is 0.684. The second-order valence-corrected chi connectivity index (χ2v) is 6.38. The number of aromatic nitrogens is 2. The van der Waals surface area contributed by atoms with E-state index in [4.69, 9.17) is 16.3 Å². The Hall–Kier alpha value is -2.14. The van der Waals surface area contributed by atoms with Gasteiger partial charge in [-0.2, -0.15) is 4.98 Å². The number of hydrogen-bond acceptors (Lipinski definition) is 4. The zero-order valence-electron chi connectivity index (χ0n) is 13.6. The number of carbonyl (C=O) groups excluding carboxylic acids is 1. The summed E-state index contributed by atoms with van der Waals surface area (Å²) in [6.45, 7) is 3.26. The van der Waals surface area contributed by atoms with Gasteiger partial charge in [-0.25, -0.2) is 4.98 Å². The third kappa shape index (κ3) is 4.45. The maximum atomic E-state index is 12.4. The maximum absolute atomic E-state index is 12.4. The minimum atomic E-state index is 0.0962. The topological polar surface area (TPSA) is 55.3 Å². The second kappa shape index (κ2) is 7.62. The van der Waals surface area contributed by atoms with Crippen LogP contribution < -0.4 is 4.74 Å². The first-order chi connectivity index (χ1) is 11.6. The van der Waals surface area contributed by atoms with Crippen LogP contribution in [0.1, 0.15) is 24.2 Å². The summed E-state index contributed by atoms with van der Waals surface area (Å²) in [4.78, 5) is 22.6. The van der Waals surface area contributed by atoms with E-state index < -0.39 is 0 Å². The molecule has 1 amide bonds. The van der Waals surface area contributed by atoms with E-state index in [0.717, 1.165) is 18.4 Å². The molecule has 1 aliphatic heterocycles. The lowest BCUT2D eigenvalue weighted by Gasteiger charge is -2.32. The average molecular weight is 346 g/mol. The number of nitrogens with zero attached hydrogens (tertiary/aromatic N) is 3. The van der Waals surface area contributed by atoms with Gasteiger partial charge in [0, 0.05) is 43.2 Å². The number of halogens is 1. The van der Waals surface area contributed by atoms with E-state index in [0.29, 0.717) is 36.2 Å². The van der Waals surface area contributed by atoms with E-state index in [9.17, 15) is 4.79 Å². The fourth-order valence-corrected chi connectivity index (χ4v) is 2.91. The standard InChI is InChI=1S/C18H20ClN3O2/c1-13-20-9-6-17(21-13)24-16-7-10-22(11-8-16)18(23)12-14-2-4-15(19)5-3-14/h2-6,9,16H,7-8,10-12H2,1H3. The van der Waals surface area contributed by atoms with Gasteiger partial charge in [0.2, 0.25) is 11.8 Å². The third-order valence-electron chi connectivity index (χ3n) is 4.10. The first-order valence-corrected chi connectivity index (χ1v) is 8.46. The number of hydrogen-bond donors (Lipinski definition) is 0. The van der Waals surface area contributed by atoms with Crippen molar-refractivity contribution >= 4 is 17.5 Å². The van der Waals surface area contributed by atoms with Crippen LogP contribution in [0.3, 0.4) is 0 Å². The van der Waals surface area contributed by atoms with E-state index in [1.165, 1.54) is 0 Å². The Bertz CT molecular complexity index is 698. The fraction of sp³-hybridized carbons (Fsp3) is 0.389. The number of piperidine rings is 1. The molecule has 0 unspecified atom stereocenters. The highest BCUT2D eigenvalue weighted by molar-refractivity contribution is 6.30. The monoisotopic (exact) mass is 345 g/mol. The Kier molecular flexibility index (Phi) is 5.30. The van der Waals surface area contributed by atoms with Gasteiger partial charge in [0.25, 0.3) is 0 Å². The van der Waals surface area contributed by atoms with Gasteiger partial charge in [-0.15, -0.1) is 0 Å². The van der Waals surface area contributed by atoms with Crippen LogP contribution in [0.15, 0.2) is 36.5 Å². The lowest BCUT2D eigenvalue weighted by atomic mass is 10.1. The molecule has 0 N–H and O–H groups in total.